The molecular formula is C7H14BrN. The molecule has 0 spiro atoms. The Kier molecular flexibility index (Phi) is 2.53. The zero-order chi connectivity index (χ0) is 6.85. The van der Waals surface area contributed by atoms with E-state index in [-0.39, 0.29) is 0 Å². The highest BCUT2D eigenvalue weighted by Crippen LogP contribution is 2.29. The molecule has 54 valence electrons. The Labute approximate surface area is 65.6 Å². The molecule has 0 amide bonds. The van der Waals surface area contributed by atoms with Crippen LogP contribution in [0.3, 0.4) is 0 Å². The second-order valence-electron chi connectivity index (χ2n) is 2.81. The highest BCUT2D eigenvalue weighted by atomic mass is 79.9. The van der Waals surface area contributed by atoms with Crippen LogP contribution in [0.4, 0.5) is 0 Å². The Morgan fingerprint density at radius 2 is 2.33 bits per heavy atom. The number of halogens is 1. The van der Waals surface area contributed by atoms with Crippen molar-refractivity contribution in [2.24, 2.45) is 5.92 Å². The molecule has 1 heterocycles. The number of hydrogen-bond donors (Lipinski definition) is 0. The van der Waals surface area contributed by atoms with Crippen LogP contribution >= 0.6 is 15.9 Å². The van der Waals surface area contributed by atoms with Gasteiger partial charge in [0.2, 0.25) is 0 Å². The van der Waals surface area contributed by atoms with Gasteiger partial charge in [-0.25, -0.2) is 0 Å². The van der Waals surface area contributed by atoms with E-state index in [1.807, 2.05) is 0 Å². The van der Waals surface area contributed by atoms with E-state index in [4.69, 9.17) is 0 Å². The molecule has 0 N–H and O–H groups in total. The van der Waals surface area contributed by atoms with Gasteiger partial charge in [0, 0.05) is 0 Å². The summed E-state index contributed by atoms with van der Waals surface area (Å²) in [6.07, 6.45) is 2.67. The van der Waals surface area contributed by atoms with E-state index in [9.17, 15) is 0 Å². The Morgan fingerprint density at radius 1 is 1.67 bits per heavy atom. The van der Waals surface area contributed by atoms with E-state index in [0.29, 0.717) is 4.95 Å². The lowest BCUT2D eigenvalue weighted by Crippen LogP contribution is -2.22. The topological polar surface area (TPSA) is 3.24 Å². The largest absolute Gasteiger partial charge is 0.294 e. The van der Waals surface area contributed by atoms with Crippen molar-refractivity contribution >= 4 is 15.9 Å². The molecule has 0 bridgehead atoms. The molecule has 1 rings (SSSR count). The summed E-state index contributed by atoms with van der Waals surface area (Å²) < 4.78 is 0. The van der Waals surface area contributed by atoms with Crippen LogP contribution in [0, 0.1) is 5.92 Å². The van der Waals surface area contributed by atoms with Crippen LogP contribution in [0.1, 0.15) is 19.8 Å². The first-order chi connectivity index (χ1) is 4.25. The van der Waals surface area contributed by atoms with E-state index < -0.39 is 0 Å². The normalized spacial score (nSPS) is 37.7. The van der Waals surface area contributed by atoms with Crippen molar-refractivity contribution < 1.29 is 0 Å². The molecule has 2 atom stereocenters. The highest BCUT2D eigenvalue weighted by molar-refractivity contribution is 9.09. The highest BCUT2D eigenvalue weighted by Gasteiger charge is 2.27. The maximum absolute atomic E-state index is 3.66. The molecule has 9 heavy (non-hydrogen) atoms. The van der Waals surface area contributed by atoms with E-state index in [0.717, 1.165) is 5.92 Å². The van der Waals surface area contributed by atoms with Gasteiger partial charge < -0.3 is 0 Å². The molecule has 0 aliphatic carbocycles. The molecule has 1 fully saturated rings. The molecule has 0 radical (unpaired) electrons. The van der Waals surface area contributed by atoms with Crippen LogP contribution in [-0.2, 0) is 0 Å². The average molecular weight is 192 g/mol. The van der Waals surface area contributed by atoms with Crippen molar-refractivity contribution in [1.29, 1.82) is 0 Å². The third-order valence-electron chi connectivity index (χ3n) is 2.19. The summed E-state index contributed by atoms with van der Waals surface area (Å²) in [6.45, 7) is 3.52. The molecule has 0 aromatic heterocycles. The van der Waals surface area contributed by atoms with Crippen LogP contribution in [0.25, 0.3) is 0 Å². The van der Waals surface area contributed by atoms with Crippen molar-refractivity contribution in [3.8, 4) is 0 Å². The smallest absolute Gasteiger partial charge is 0.0682 e. The van der Waals surface area contributed by atoms with Crippen molar-refractivity contribution in [3.05, 3.63) is 0 Å². The first kappa shape index (κ1) is 7.55. The van der Waals surface area contributed by atoms with E-state index >= 15 is 0 Å². The average Bonchev–Trinajstić information content (AvgIpc) is 2.15. The lowest BCUT2D eigenvalue weighted by Gasteiger charge is -2.16. The van der Waals surface area contributed by atoms with Gasteiger partial charge in [-0.2, -0.15) is 0 Å². The Balaban J connectivity index is 2.41. The minimum Gasteiger partial charge on any atom is -0.294 e. The number of likely N-dealkylation sites (tertiary alicyclic amines) is 1. The van der Waals surface area contributed by atoms with Crippen LogP contribution in [0.15, 0.2) is 0 Å². The first-order valence-corrected chi connectivity index (χ1v) is 4.51. The van der Waals surface area contributed by atoms with Crippen molar-refractivity contribution in [2.45, 2.75) is 24.7 Å². The van der Waals surface area contributed by atoms with E-state index in [2.05, 4.69) is 34.8 Å². The number of rotatable bonds is 1. The lowest BCUT2D eigenvalue weighted by molar-refractivity contribution is 0.365. The molecule has 0 aromatic carbocycles. The summed E-state index contributed by atoms with van der Waals surface area (Å²) in [4.78, 5) is 3.01. The molecule has 1 saturated heterocycles. The summed E-state index contributed by atoms with van der Waals surface area (Å²) in [5.41, 5.74) is 0. The molecule has 2 heteroatoms. The Hall–Kier alpha value is 0.440. The lowest BCUT2D eigenvalue weighted by atomic mass is 10.1. The SMILES string of the molecule is CCC1CCN(C)C1Br. The summed E-state index contributed by atoms with van der Waals surface area (Å²) in [5, 5.41) is 0. The van der Waals surface area contributed by atoms with Gasteiger partial charge >= 0.3 is 0 Å². The fourth-order valence-electron chi connectivity index (χ4n) is 1.39. The quantitative estimate of drug-likeness (QED) is 0.454. The van der Waals surface area contributed by atoms with Crippen LogP contribution in [0.5, 0.6) is 0 Å². The Bertz CT molecular complexity index is 94.9. The molecule has 2 unspecified atom stereocenters. The van der Waals surface area contributed by atoms with E-state index in [1.165, 1.54) is 19.4 Å². The molecule has 0 saturated carbocycles. The summed E-state index contributed by atoms with van der Waals surface area (Å²) in [6, 6.07) is 0. The summed E-state index contributed by atoms with van der Waals surface area (Å²) in [7, 11) is 2.18. The van der Waals surface area contributed by atoms with Gasteiger partial charge in [-0.1, -0.05) is 29.3 Å². The van der Waals surface area contributed by atoms with Crippen molar-refractivity contribution in [3.63, 3.8) is 0 Å². The van der Waals surface area contributed by atoms with Gasteiger partial charge in [-0.05, 0) is 25.9 Å². The predicted octanol–water partition coefficient (Wildman–Crippen LogP) is 2.07. The van der Waals surface area contributed by atoms with Crippen LogP contribution in [-0.4, -0.2) is 23.4 Å². The van der Waals surface area contributed by atoms with Gasteiger partial charge in [-0.3, -0.25) is 4.90 Å². The summed E-state index contributed by atoms with van der Waals surface area (Å²) >= 11 is 3.66. The van der Waals surface area contributed by atoms with Crippen LogP contribution in [0.2, 0.25) is 0 Å². The fraction of sp³-hybridized carbons (Fsp3) is 1.00. The second kappa shape index (κ2) is 3.02. The first-order valence-electron chi connectivity index (χ1n) is 3.60. The minimum absolute atomic E-state index is 0.641. The molecule has 1 aliphatic rings. The van der Waals surface area contributed by atoms with Crippen molar-refractivity contribution in [1.82, 2.24) is 4.90 Å². The number of nitrogens with zero attached hydrogens (tertiary/aromatic N) is 1. The zero-order valence-corrected chi connectivity index (χ0v) is 7.69. The Morgan fingerprint density at radius 3 is 2.56 bits per heavy atom. The molecular weight excluding hydrogens is 178 g/mol. The van der Waals surface area contributed by atoms with Gasteiger partial charge in [0.1, 0.15) is 0 Å². The standard InChI is InChI=1S/C7H14BrN/c1-3-6-4-5-9(2)7(6)8/h6-7H,3-5H2,1-2H3. The maximum Gasteiger partial charge on any atom is 0.0682 e. The summed E-state index contributed by atoms with van der Waals surface area (Å²) in [5.74, 6) is 0.884. The minimum atomic E-state index is 0.641. The van der Waals surface area contributed by atoms with E-state index in [1.54, 1.807) is 0 Å². The molecule has 1 nitrogen and oxygen atoms in total. The van der Waals surface area contributed by atoms with Gasteiger partial charge in [0.15, 0.2) is 0 Å². The maximum atomic E-state index is 3.66. The fourth-order valence-corrected chi connectivity index (χ4v) is 2.23. The second-order valence-corrected chi connectivity index (χ2v) is 3.75. The third-order valence-corrected chi connectivity index (χ3v) is 3.63. The van der Waals surface area contributed by atoms with Gasteiger partial charge in [-0.15, -0.1) is 0 Å². The van der Waals surface area contributed by atoms with Gasteiger partial charge in [0.25, 0.3) is 0 Å². The molecule has 1 aliphatic heterocycles. The number of alkyl halides is 1. The predicted molar refractivity (Wildman–Crippen MR) is 43.7 cm³/mol. The van der Waals surface area contributed by atoms with Gasteiger partial charge in [0.05, 0.1) is 4.95 Å². The number of hydrogen-bond acceptors (Lipinski definition) is 1. The van der Waals surface area contributed by atoms with Crippen LogP contribution < -0.4 is 0 Å². The third kappa shape index (κ3) is 1.47. The zero-order valence-electron chi connectivity index (χ0n) is 6.10. The van der Waals surface area contributed by atoms with Crippen molar-refractivity contribution in [2.75, 3.05) is 13.6 Å². The molecule has 0 aromatic rings. The monoisotopic (exact) mass is 191 g/mol.